The number of aryl methyl sites for hydroxylation is 1. The Hall–Kier alpha value is -1.94. The largest absolute Gasteiger partial charge is 0.310 e. The zero-order valence-electron chi connectivity index (χ0n) is 12.4. The molecule has 0 bridgehead atoms. The maximum absolute atomic E-state index is 12.2. The lowest BCUT2D eigenvalue weighted by Crippen LogP contribution is -2.31. The van der Waals surface area contributed by atoms with E-state index in [2.05, 4.69) is 10.4 Å². The van der Waals surface area contributed by atoms with Crippen molar-refractivity contribution in [3.05, 3.63) is 52.3 Å². The van der Waals surface area contributed by atoms with E-state index in [-0.39, 0.29) is 5.56 Å². The molecule has 0 spiro atoms. The van der Waals surface area contributed by atoms with Gasteiger partial charge in [-0.25, -0.2) is 4.68 Å². The summed E-state index contributed by atoms with van der Waals surface area (Å²) >= 11 is 0. The van der Waals surface area contributed by atoms with Gasteiger partial charge in [-0.1, -0.05) is 43.2 Å². The van der Waals surface area contributed by atoms with E-state index >= 15 is 0 Å². The molecule has 0 saturated heterocycles. The third kappa shape index (κ3) is 3.22. The molecule has 1 heterocycles. The molecule has 1 aliphatic carbocycles. The van der Waals surface area contributed by atoms with E-state index in [1.807, 2.05) is 36.4 Å². The monoisotopic (exact) mass is 283 g/mol. The van der Waals surface area contributed by atoms with E-state index in [9.17, 15) is 4.79 Å². The summed E-state index contributed by atoms with van der Waals surface area (Å²) in [5, 5.41) is 7.86. The predicted molar refractivity (Wildman–Crippen MR) is 84.0 cm³/mol. The number of nitrogens with one attached hydrogen (secondary N) is 1. The molecule has 2 aromatic rings. The van der Waals surface area contributed by atoms with E-state index in [0.717, 1.165) is 16.8 Å². The van der Waals surface area contributed by atoms with Crippen molar-refractivity contribution >= 4 is 0 Å². The molecule has 0 amide bonds. The molecular formula is C17H21N3O. The van der Waals surface area contributed by atoms with Gasteiger partial charge in [-0.2, -0.15) is 5.10 Å². The molecule has 3 rings (SSSR count). The van der Waals surface area contributed by atoms with Gasteiger partial charge in [0.2, 0.25) is 0 Å². The molecule has 110 valence electrons. The first-order chi connectivity index (χ1) is 10.2. The van der Waals surface area contributed by atoms with Crippen molar-refractivity contribution in [2.75, 3.05) is 0 Å². The summed E-state index contributed by atoms with van der Waals surface area (Å²) in [7, 11) is 1.72. The first-order valence-electron chi connectivity index (χ1n) is 7.60. The van der Waals surface area contributed by atoms with Crippen LogP contribution in [0.2, 0.25) is 0 Å². The summed E-state index contributed by atoms with van der Waals surface area (Å²) < 4.78 is 1.44. The Bertz CT molecular complexity index is 657. The topological polar surface area (TPSA) is 46.9 Å². The summed E-state index contributed by atoms with van der Waals surface area (Å²) in [6.07, 6.45) is 5.02. The van der Waals surface area contributed by atoms with Gasteiger partial charge < -0.3 is 5.32 Å². The highest BCUT2D eigenvalue weighted by atomic mass is 16.1. The number of nitrogens with zero attached hydrogens (tertiary/aromatic N) is 2. The van der Waals surface area contributed by atoms with Crippen LogP contribution in [0.15, 0.2) is 41.2 Å². The third-order valence-electron chi connectivity index (χ3n) is 4.14. The summed E-state index contributed by atoms with van der Waals surface area (Å²) in [6, 6.07) is 12.5. The van der Waals surface area contributed by atoms with Crippen LogP contribution in [0.25, 0.3) is 11.3 Å². The van der Waals surface area contributed by atoms with Crippen molar-refractivity contribution < 1.29 is 0 Å². The van der Waals surface area contributed by atoms with Gasteiger partial charge in [-0.3, -0.25) is 4.79 Å². The molecule has 21 heavy (non-hydrogen) atoms. The highest BCUT2D eigenvalue weighted by Crippen LogP contribution is 2.19. The van der Waals surface area contributed by atoms with Gasteiger partial charge in [0.25, 0.3) is 5.56 Å². The number of rotatable bonds is 4. The van der Waals surface area contributed by atoms with Crippen LogP contribution >= 0.6 is 0 Å². The minimum atomic E-state index is -0.0137. The van der Waals surface area contributed by atoms with E-state index < -0.39 is 0 Å². The van der Waals surface area contributed by atoms with Crippen molar-refractivity contribution in [2.45, 2.75) is 38.3 Å². The van der Waals surface area contributed by atoms with Crippen LogP contribution in [0.1, 0.15) is 31.2 Å². The molecule has 0 unspecified atom stereocenters. The molecule has 4 nitrogen and oxygen atoms in total. The van der Waals surface area contributed by atoms with Gasteiger partial charge in [-0.15, -0.1) is 0 Å². The Labute approximate surface area is 124 Å². The van der Waals surface area contributed by atoms with Gasteiger partial charge in [0.1, 0.15) is 0 Å². The van der Waals surface area contributed by atoms with E-state index in [1.165, 1.54) is 30.4 Å². The average Bonchev–Trinajstić information content (AvgIpc) is 3.03. The van der Waals surface area contributed by atoms with Gasteiger partial charge in [0.15, 0.2) is 0 Å². The summed E-state index contributed by atoms with van der Waals surface area (Å²) in [5.41, 5.74) is 2.66. The second-order valence-electron chi connectivity index (χ2n) is 5.71. The van der Waals surface area contributed by atoms with Gasteiger partial charge in [0.05, 0.1) is 5.69 Å². The molecule has 1 aliphatic rings. The highest BCUT2D eigenvalue weighted by Gasteiger charge is 2.15. The Balaban J connectivity index is 1.85. The smallest absolute Gasteiger partial charge is 0.271 e. The summed E-state index contributed by atoms with van der Waals surface area (Å²) in [5.74, 6) is 0. The van der Waals surface area contributed by atoms with E-state index in [1.54, 1.807) is 7.05 Å². The SMILES string of the molecule is Cn1nc(-c2ccccc2)cc(CNC2CCCC2)c1=O. The Kier molecular flexibility index (Phi) is 4.15. The van der Waals surface area contributed by atoms with Crippen LogP contribution in [-0.4, -0.2) is 15.8 Å². The molecule has 4 heteroatoms. The number of benzene rings is 1. The Morgan fingerprint density at radius 1 is 1.24 bits per heavy atom. The van der Waals surface area contributed by atoms with Crippen LogP contribution in [0, 0.1) is 0 Å². The first kappa shape index (κ1) is 14.0. The van der Waals surface area contributed by atoms with Crippen LogP contribution in [-0.2, 0) is 13.6 Å². The molecule has 0 radical (unpaired) electrons. The maximum Gasteiger partial charge on any atom is 0.271 e. The maximum atomic E-state index is 12.2. The van der Waals surface area contributed by atoms with Crippen LogP contribution < -0.4 is 10.9 Å². The number of hydrogen-bond acceptors (Lipinski definition) is 3. The fourth-order valence-electron chi connectivity index (χ4n) is 2.93. The van der Waals surface area contributed by atoms with Crippen molar-refractivity contribution in [2.24, 2.45) is 7.05 Å². The van der Waals surface area contributed by atoms with Gasteiger partial charge in [-0.05, 0) is 18.9 Å². The molecular weight excluding hydrogens is 262 g/mol. The third-order valence-corrected chi connectivity index (χ3v) is 4.14. The highest BCUT2D eigenvalue weighted by molar-refractivity contribution is 5.58. The fraction of sp³-hybridized carbons (Fsp3) is 0.412. The van der Waals surface area contributed by atoms with Gasteiger partial charge >= 0.3 is 0 Å². The molecule has 0 aliphatic heterocycles. The first-order valence-corrected chi connectivity index (χ1v) is 7.60. The second-order valence-corrected chi connectivity index (χ2v) is 5.71. The lowest BCUT2D eigenvalue weighted by atomic mass is 10.1. The summed E-state index contributed by atoms with van der Waals surface area (Å²) in [4.78, 5) is 12.2. The van der Waals surface area contributed by atoms with Crippen molar-refractivity contribution in [1.29, 1.82) is 0 Å². The molecule has 1 saturated carbocycles. The molecule has 1 N–H and O–H groups in total. The Morgan fingerprint density at radius 3 is 2.67 bits per heavy atom. The molecule has 1 fully saturated rings. The van der Waals surface area contributed by atoms with Gasteiger partial charge in [0, 0.05) is 30.8 Å². The standard InChI is InChI=1S/C17H21N3O/c1-20-17(21)14(12-18-15-9-5-6-10-15)11-16(19-20)13-7-3-2-4-8-13/h2-4,7-8,11,15,18H,5-6,9-10,12H2,1H3. The lowest BCUT2D eigenvalue weighted by Gasteiger charge is -2.12. The van der Waals surface area contributed by atoms with E-state index in [0.29, 0.717) is 12.6 Å². The molecule has 0 atom stereocenters. The molecule has 1 aromatic carbocycles. The van der Waals surface area contributed by atoms with Crippen LogP contribution in [0.4, 0.5) is 0 Å². The quantitative estimate of drug-likeness (QED) is 0.937. The predicted octanol–water partition coefficient (Wildman–Crippen LogP) is 2.48. The summed E-state index contributed by atoms with van der Waals surface area (Å²) in [6.45, 7) is 0.625. The zero-order valence-corrected chi connectivity index (χ0v) is 12.4. The fourth-order valence-corrected chi connectivity index (χ4v) is 2.93. The lowest BCUT2D eigenvalue weighted by molar-refractivity contribution is 0.518. The average molecular weight is 283 g/mol. The second kappa shape index (κ2) is 6.22. The number of aromatic nitrogens is 2. The minimum absolute atomic E-state index is 0.0137. The van der Waals surface area contributed by atoms with Crippen molar-refractivity contribution in [1.82, 2.24) is 15.1 Å². The van der Waals surface area contributed by atoms with Crippen LogP contribution in [0.5, 0.6) is 0 Å². The zero-order chi connectivity index (χ0) is 14.7. The molecule has 1 aromatic heterocycles. The minimum Gasteiger partial charge on any atom is -0.310 e. The van der Waals surface area contributed by atoms with Crippen molar-refractivity contribution in [3.63, 3.8) is 0 Å². The number of hydrogen-bond donors (Lipinski definition) is 1. The normalized spacial score (nSPS) is 15.5. The van der Waals surface area contributed by atoms with Crippen molar-refractivity contribution in [3.8, 4) is 11.3 Å². The van der Waals surface area contributed by atoms with E-state index in [4.69, 9.17) is 0 Å². The Morgan fingerprint density at radius 2 is 1.95 bits per heavy atom. The van der Waals surface area contributed by atoms with Crippen LogP contribution in [0.3, 0.4) is 0 Å².